The number of aliphatic hydroxyl groups is 1. The molecule has 22 heavy (non-hydrogen) atoms. The first kappa shape index (κ1) is 16.3. The summed E-state index contributed by atoms with van der Waals surface area (Å²) in [5.41, 5.74) is -1.00. The topological polar surface area (TPSA) is 64.4 Å². The molecule has 120 valence electrons. The monoisotopic (exact) mass is 316 g/mol. The molecule has 0 bridgehead atoms. The van der Waals surface area contributed by atoms with Gasteiger partial charge < -0.3 is 9.84 Å². The Labute approximate surface area is 124 Å². The maximum Gasteiger partial charge on any atom is 0.435 e. The summed E-state index contributed by atoms with van der Waals surface area (Å²) in [6, 6.07) is 3.57. The number of benzene rings is 1. The van der Waals surface area contributed by atoms with Crippen LogP contribution in [0.25, 0.3) is 10.9 Å². The molecule has 0 spiro atoms. The molecule has 0 radical (unpaired) electrons. The summed E-state index contributed by atoms with van der Waals surface area (Å²) in [4.78, 5) is 12.0. The molecule has 1 aromatic carbocycles. The van der Waals surface area contributed by atoms with Crippen LogP contribution in [0.15, 0.2) is 24.4 Å². The number of aromatic nitrogens is 2. The fourth-order valence-corrected chi connectivity index (χ4v) is 1.85. The summed E-state index contributed by atoms with van der Waals surface area (Å²) in [6.07, 6.45) is -6.88. The van der Waals surface area contributed by atoms with Gasteiger partial charge in [-0.25, -0.2) is 4.79 Å². The number of rotatable bonds is 1. The van der Waals surface area contributed by atoms with Gasteiger partial charge in [-0.1, -0.05) is 12.1 Å². The third kappa shape index (κ3) is 3.38. The van der Waals surface area contributed by atoms with Crippen molar-refractivity contribution in [3.63, 3.8) is 0 Å². The zero-order valence-corrected chi connectivity index (χ0v) is 12.2. The van der Waals surface area contributed by atoms with E-state index in [2.05, 4.69) is 5.10 Å². The molecule has 0 saturated heterocycles. The lowest BCUT2D eigenvalue weighted by molar-refractivity contribution is -0.206. The van der Waals surface area contributed by atoms with Crippen LogP contribution in [0.3, 0.4) is 0 Å². The third-order valence-electron chi connectivity index (χ3n) is 2.79. The first-order valence-electron chi connectivity index (χ1n) is 6.45. The number of aliphatic hydroxyl groups excluding tert-OH is 1. The van der Waals surface area contributed by atoms with Gasteiger partial charge in [-0.15, -0.1) is 0 Å². The molecule has 0 aliphatic carbocycles. The van der Waals surface area contributed by atoms with Crippen LogP contribution in [-0.4, -0.2) is 32.8 Å². The van der Waals surface area contributed by atoms with Gasteiger partial charge >= 0.3 is 12.3 Å². The van der Waals surface area contributed by atoms with Gasteiger partial charge in [0.05, 0.1) is 11.7 Å². The lowest BCUT2D eigenvalue weighted by atomic mass is 10.1. The predicted molar refractivity (Wildman–Crippen MR) is 72.4 cm³/mol. The van der Waals surface area contributed by atoms with Crippen LogP contribution < -0.4 is 0 Å². The highest BCUT2D eigenvalue weighted by Crippen LogP contribution is 2.33. The average molecular weight is 316 g/mol. The van der Waals surface area contributed by atoms with E-state index in [0.29, 0.717) is 5.39 Å². The van der Waals surface area contributed by atoms with Crippen molar-refractivity contribution < 1.29 is 27.8 Å². The lowest BCUT2D eigenvalue weighted by Crippen LogP contribution is -2.27. The average Bonchev–Trinajstić information content (AvgIpc) is 2.77. The summed E-state index contributed by atoms with van der Waals surface area (Å²) in [6.45, 7) is 4.99. The minimum Gasteiger partial charge on any atom is -0.442 e. The molecule has 0 fully saturated rings. The van der Waals surface area contributed by atoms with Crippen LogP contribution in [0.2, 0.25) is 0 Å². The minimum absolute atomic E-state index is 0.134. The van der Waals surface area contributed by atoms with Crippen LogP contribution in [0, 0.1) is 0 Å². The van der Waals surface area contributed by atoms with Crippen LogP contribution >= 0.6 is 0 Å². The molecule has 0 aliphatic heterocycles. The van der Waals surface area contributed by atoms with E-state index in [1.165, 1.54) is 12.3 Å². The van der Waals surface area contributed by atoms with Gasteiger partial charge in [-0.3, -0.25) is 0 Å². The van der Waals surface area contributed by atoms with Gasteiger partial charge in [0.15, 0.2) is 6.10 Å². The van der Waals surface area contributed by atoms with E-state index in [1.807, 2.05) is 0 Å². The molecule has 0 amide bonds. The SMILES string of the molecule is CC(C)(C)OC(=O)n1ncc2ccc(C(O)C(F)(F)F)cc21. The van der Waals surface area contributed by atoms with E-state index >= 15 is 0 Å². The zero-order valence-electron chi connectivity index (χ0n) is 12.2. The van der Waals surface area contributed by atoms with Crippen molar-refractivity contribution in [1.82, 2.24) is 9.78 Å². The van der Waals surface area contributed by atoms with Gasteiger partial charge in [-0.2, -0.15) is 23.0 Å². The van der Waals surface area contributed by atoms with Crippen LogP contribution in [0.4, 0.5) is 18.0 Å². The number of fused-ring (bicyclic) bond motifs is 1. The van der Waals surface area contributed by atoms with Crippen LogP contribution in [0.5, 0.6) is 0 Å². The van der Waals surface area contributed by atoms with Crippen molar-refractivity contribution in [2.45, 2.75) is 38.7 Å². The Morgan fingerprint density at radius 3 is 2.50 bits per heavy atom. The normalized spacial score (nSPS) is 14.1. The van der Waals surface area contributed by atoms with Crippen LogP contribution in [-0.2, 0) is 4.74 Å². The van der Waals surface area contributed by atoms with E-state index in [0.717, 1.165) is 16.8 Å². The van der Waals surface area contributed by atoms with E-state index < -0.39 is 24.0 Å². The summed E-state index contributed by atoms with van der Waals surface area (Å²) in [5, 5.41) is 13.6. The molecule has 2 rings (SSSR count). The first-order valence-corrected chi connectivity index (χ1v) is 6.45. The predicted octanol–water partition coefficient (Wildman–Crippen LogP) is 3.42. The van der Waals surface area contributed by atoms with Crippen molar-refractivity contribution in [2.75, 3.05) is 0 Å². The highest BCUT2D eigenvalue weighted by molar-refractivity contribution is 5.88. The summed E-state index contributed by atoms with van der Waals surface area (Å²) in [5.74, 6) is 0. The third-order valence-corrected chi connectivity index (χ3v) is 2.79. The lowest BCUT2D eigenvalue weighted by Gasteiger charge is -2.19. The molecule has 1 atom stereocenters. The first-order chi connectivity index (χ1) is 9.99. The van der Waals surface area contributed by atoms with E-state index in [4.69, 9.17) is 4.74 Å². The number of hydrogen-bond acceptors (Lipinski definition) is 4. The molecule has 1 unspecified atom stereocenters. The fraction of sp³-hybridized carbons (Fsp3) is 0.429. The molecule has 0 aliphatic rings. The summed E-state index contributed by atoms with van der Waals surface area (Å²) < 4.78 is 43.7. The Morgan fingerprint density at radius 1 is 1.32 bits per heavy atom. The van der Waals surface area contributed by atoms with Crippen molar-refractivity contribution in [1.29, 1.82) is 0 Å². The number of alkyl halides is 3. The molecular weight excluding hydrogens is 301 g/mol. The molecule has 1 aromatic heterocycles. The largest absolute Gasteiger partial charge is 0.442 e. The van der Waals surface area contributed by atoms with E-state index in [-0.39, 0.29) is 11.1 Å². The van der Waals surface area contributed by atoms with Gasteiger partial charge in [0.25, 0.3) is 0 Å². The Hall–Kier alpha value is -2.09. The second-order valence-corrected chi connectivity index (χ2v) is 5.80. The van der Waals surface area contributed by atoms with Gasteiger partial charge in [-0.05, 0) is 32.4 Å². The Bertz CT molecular complexity index is 701. The molecule has 8 heteroatoms. The van der Waals surface area contributed by atoms with Crippen LogP contribution in [0.1, 0.15) is 32.4 Å². The smallest absolute Gasteiger partial charge is 0.435 e. The Morgan fingerprint density at radius 2 is 1.95 bits per heavy atom. The van der Waals surface area contributed by atoms with Crippen molar-refractivity contribution in [3.05, 3.63) is 30.0 Å². The van der Waals surface area contributed by atoms with Gasteiger partial charge in [0.1, 0.15) is 5.60 Å². The van der Waals surface area contributed by atoms with Gasteiger partial charge in [0.2, 0.25) is 0 Å². The van der Waals surface area contributed by atoms with Crippen molar-refractivity contribution in [2.24, 2.45) is 0 Å². The number of halogens is 3. The van der Waals surface area contributed by atoms with E-state index in [1.54, 1.807) is 20.8 Å². The van der Waals surface area contributed by atoms with Gasteiger partial charge in [0, 0.05) is 5.39 Å². The standard InChI is InChI=1S/C14H15F3N2O3/c1-13(2,3)22-12(21)19-10-6-8(11(20)14(15,16)17)4-5-9(10)7-18-19/h4-7,11,20H,1-3H3. The fourth-order valence-electron chi connectivity index (χ4n) is 1.85. The molecule has 1 N–H and O–H groups in total. The highest BCUT2D eigenvalue weighted by atomic mass is 19.4. The van der Waals surface area contributed by atoms with E-state index in [9.17, 15) is 23.1 Å². The molecule has 5 nitrogen and oxygen atoms in total. The number of nitrogens with zero attached hydrogens (tertiary/aromatic N) is 2. The maximum absolute atomic E-state index is 12.6. The minimum atomic E-state index is -4.79. The zero-order chi connectivity index (χ0) is 16.7. The van der Waals surface area contributed by atoms with Crippen molar-refractivity contribution in [3.8, 4) is 0 Å². The maximum atomic E-state index is 12.6. The number of carbonyl (C=O) groups excluding carboxylic acids is 1. The molecule has 1 heterocycles. The number of hydrogen-bond donors (Lipinski definition) is 1. The second kappa shape index (κ2) is 5.28. The highest BCUT2D eigenvalue weighted by Gasteiger charge is 2.39. The number of carbonyl (C=O) groups is 1. The summed E-state index contributed by atoms with van der Waals surface area (Å²) in [7, 11) is 0. The second-order valence-electron chi connectivity index (χ2n) is 5.80. The Kier molecular flexibility index (Phi) is 3.90. The molecular formula is C14H15F3N2O3. The molecule has 0 saturated carbocycles. The molecule has 2 aromatic rings. The summed E-state index contributed by atoms with van der Waals surface area (Å²) >= 11 is 0. The Balaban J connectivity index is 2.44. The quantitative estimate of drug-likeness (QED) is 0.875. The van der Waals surface area contributed by atoms with Crippen molar-refractivity contribution >= 4 is 17.0 Å². The number of ether oxygens (including phenoxy) is 1.